The van der Waals surface area contributed by atoms with Crippen molar-refractivity contribution < 1.29 is 5.11 Å². The van der Waals surface area contributed by atoms with Crippen LogP contribution in [0.4, 0.5) is 5.13 Å². The second-order valence-electron chi connectivity index (χ2n) is 7.02. The van der Waals surface area contributed by atoms with Crippen LogP contribution in [0.3, 0.4) is 0 Å². The van der Waals surface area contributed by atoms with Gasteiger partial charge in [-0.05, 0) is 47.7 Å². The van der Waals surface area contributed by atoms with Crippen LogP contribution >= 0.6 is 38.6 Å². The van der Waals surface area contributed by atoms with Gasteiger partial charge in [0.15, 0.2) is 14.8 Å². The third-order valence-electron chi connectivity index (χ3n) is 5.30. The van der Waals surface area contributed by atoms with Crippen LogP contribution < -0.4 is 10.2 Å². The van der Waals surface area contributed by atoms with E-state index in [1.54, 1.807) is 23.6 Å². The second-order valence-corrected chi connectivity index (χ2v) is 9.87. The van der Waals surface area contributed by atoms with Crippen molar-refractivity contribution in [1.82, 2.24) is 20.3 Å². The Bertz CT molecular complexity index is 930. The summed E-state index contributed by atoms with van der Waals surface area (Å²) in [5.41, 5.74) is 0.508. The van der Waals surface area contributed by atoms with E-state index in [2.05, 4.69) is 43.2 Å². The molecule has 0 saturated carbocycles. The maximum Gasteiger partial charge on any atom is 0.188 e. The molecule has 136 valence electrons. The van der Waals surface area contributed by atoms with Crippen molar-refractivity contribution in [2.45, 2.75) is 43.8 Å². The number of aromatic hydroxyl groups is 1. The smallest absolute Gasteiger partial charge is 0.188 e. The molecule has 0 spiro atoms. The summed E-state index contributed by atoms with van der Waals surface area (Å²) < 4.78 is 0.745. The first-order valence-corrected chi connectivity index (χ1v) is 11.1. The van der Waals surface area contributed by atoms with E-state index in [1.165, 1.54) is 37.0 Å². The molecule has 0 amide bonds. The highest BCUT2D eigenvalue weighted by Crippen LogP contribution is 2.40. The van der Waals surface area contributed by atoms with Crippen molar-refractivity contribution in [2.75, 3.05) is 11.9 Å². The van der Waals surface area contributed by atoms with Gasteiger partial charge in [0.05, 0.1) is 0 Å². The molecule has 26 heavy (non-hydrogen) atoms. The lowest BCUT2D eigenvalue weighted by Crippen LogP contribution is -2.47. The Morgan fingerprint density at radius 3 is 2.62 bits per heavy atom. The quantitative estimate of drug-likeness (QED) is 0.626. The standard InChI is InChI=1S/C17H18BrN5OS2/c1-23(11-5-9-2-3-10(6-11)20-9)17-22-16-15(26-17)21-14(25-16)13-12(24)4-8(18)7-19-13/h4,7,9-11,20,24H,2-3,5-6H2,1H3/t9-,10+,11?. The molecule has 9 heteroatoms. The Hall–Kier alpha value is -1.29. The summed E-state index contributed by atoms with van der Waals surface area (Å²) >= 11 is 6.41. The molecule has 2 fully saturated rings. The van der Waals surface area contributed by atoms with Gasteiger partial charge in [-0.2, -0.15) is 0 Å². The molecule has 0 aromatic carbocycles. The minimum atomic E-state index is 0.128. The summed E-state index contributed by atoms with van der Waals surface area (Å²) in [7, 11) is 2.15. The summed E-state index contributed by atoms with van der Waals surface area (Å²) in [6, 6.07) is 3.51. The minimum absolute atomic E-state index is 0.128. The molecular formula is C17H18BrN5OS2. The van der Waals surface area contributed by atoms with Crippen molar-refractivity contribution in [1.29, 1.82) is 0 Å². The highest BCUT2D eigenvalue weighted by atomic mass is 79.9. The molecule has 5 heterocycles. The zero-order chi connectivity index (χ0) is 17.8. The number of nitrogens with one attached hydrogen (secondary N) is 1. The second kappa shape index (κ2) is 6.40. The third-order valence-corrected chi connectivity index (χ3v) is 7.86. The van der Waals surface area contributed by atoms with Gasteiger partial charge in [-0.15, -0.1) is 0 Å². The fourth-order valence-electron chi connectivity index (χ4n) is 3.98. The summed E-state index contributed by atoms with van der Waals surface area (Å²) in [4.78, 5) is 17.9. The number of thiazole rings is 2. The predicted octanol–water partition coefficient (Wildman–Crippen LogP) is 4.00. The molecule has 0 radical (unpaired) electrons. The fourth-order valence-corrected chi connectivity index (χ4v) is 6.37. The maximum atomic E-state index is 10.1. The fraction of sp³-hybridized carbons (Fsp3) is 0.471. The Morgan fingerprint density at radius 2 is 1.92 bits per heavy atom. The SMILES string of the molecule is CN(c1nc2sc(-c3ncc(Br)cc3O)nc2s1)C1C[C@H]2CC[C@@H](C1)N2. The summed E-state index contributed by atoms with van der Waals surface area (Å²) in [6.07, 6.45) is 6.65. The Kier molecular flexibility index (Phi) is 4.15. The Morgan fingerprint density at radius 1 is 1.19 bits per heavy atom. The van der Waals surface area contributed by atoms with Crippen molar-refractivity contribution in [2.24, 2.45) is 0 Å². The van der Waals surface area contributed by atoms with Gasteiger partial charge in [0.2, 0.25) is 0 Å². The molecule has 3 atom stereocenters. The molecule has 2 N–H and O–H groups in total. The number of hydrogen-bond donors (Lipinski definition) is 2. The number of pyridine rings is 1. The Balaban J connectivity index is 1.41. The zero-order valence-electron chi connectivity index (χ0n) is 14.1. The largest absolute Gasteiger partial charge is 0.506 e. The van der Waals surface area contributed by atoms with Gasteiger partial charge in [0, 0.05) is 35.8 Å². The monoisotopic (exact) mass is 451 g/mol. The molecule has 3 aromatic heterocycles. The lowest BCUT2D eigenvalue weighted by atomic mass is 9.99. The lowest BCUT2D eigenvalue weighted by Gasteiger charge is -2.35. The van der Waals surface area contributed by atoms with Gasteiger partial charge >= 0.3 is 0 Å². The van der Waals surface area contributed by atoms with E-state index in [1.807, 2.05) is 0 Å². The van der Waals surface area contributed by atoms with Crippen LogP contribution in [0.5, 0.6) is 5.75 Å². The number of nitrogens with zero attached hydrogens (tertiary/aromatic N) is 4. The normalized spacial score (nSPS) is 25.1. The summed E-state index contributed by atoms with van der Waals surface area (Å²) in [5.74, 6) is 0.128. The van der Waals surface area contributed by atoms with Gasteiger partial charge in [0.1, 0.15) is 16.5 Å². The third kappa shape index (κ3) is 2.90. The van der Waals surface area contributed by atoms with E-state index in [4.69, 9.17) is 4.98 Å². The average Bonchev–Trinajstić information content (AvgIpc) is 3.27. The van der Waals surface area contributed by atoms with Crippen LogP contribution in [-0.2, 0) is 0 Å². The van der Waals surface area contributed by atoms with Crippen LogP contribution in [-0.4, -0.2) is 45.2 Å². The number of hydrogen-bond acceptors (Lipinski definition) is 8. The van der Waals surface area contributed by atoms with E-state index < -0.39 is 0 Å². The lowest BCUT2D eigenvalue weighted by molar-refractivity contribution is 0.354. The van der Waals surface area contributed by atoms with Gasteiger partial charge in [-0.3, -0.25) is 0 Å². The molecule has 0 aliphatic carbocycles. The van der Waals surface area contributed by atoms with E-state index in [0.29, 0.717) is 28.8 Å². The summed E-state index contributed by atoms with van der Waals surface area (Å²) in [6.45, 7) is 0. The predicted molar refractivity (Wildman–Crippen MR) is 109 cm³/mol. The first kappa shape index (κ1) is 16.9. The van der Waals surface area contributed by atoms with E-state index in [9.17, 15) is 5.11 Å². The molecule has 2 saturated heterocycles. The van der Waals surface area contributed by atoms with Crippen molar-refractivity contribution in [3.63, 3.8) is 0 Å². The van der Waals surface area contributed by atoms with Crippen molar-refractivity contribution in [3.05, 3.63) is 16.7 Å². The first-order valence-electron chi connectivity index (χ1n) is 8.68. The molecular weight excluding hydrogens is 434 g/mol. The van der Waals surface area contributed by atoms with Crippen LogP contribution in [0.1, 0.15) is 25.7 Å². The molecule has 2 aliphatic heterocycles. The molecule has 5 rings (SSSR count). The number of fused-ring (bicyclic) bond motifs is 3. The van der Waals surface area contributed by atoms with Gasteiger partial charge in [-0.25, -0.2) is 15.0 Å². The average molecular weight is 452 g/mol. The van der Waals surface area contributed by atoms with Crippen LogP contribution in [0.25, 0.3) is 20.4 Å². The van der Waals surface area contributed by atoms with Crippen LogP contribution in [0.2, 0.25) is 0 Å². The van der Waals surface area contributed by atoms with Crippen LogP contribution in [0.15, 0.2) is 16.7 Å². The molecule has 3 aromatic rings. The topological polar surface area (TPSA) is 74.2 Å². The number of halogens is 1. The highest BCUT2D eigenvalue weighted by molar-refractivity contribution is 9.10. The van der Waals surface area contributed by atoms with Crippen LogP contribution in [0, 0.1) is 0 Å². The molecule has 6 nitrogen and oxygen atoms in total. The Labute approximate surface area is 167 Å². The molecule has 2 aliphatic rings. The highest BCUT2D eigenvalue weighted by Gasteiger charge is 2.36. The first-order chi connectivity index (χ1) is 12.6. The number of anilines is 1. The van der Waals surface area contributed by atoms with Gasteiger partial charge in [0.25, 0.3) is 0 Å². The zero-order valence-corrected chi connectivity index (χ0v) is 17.4. The van der Waals surface area contributed by atoms with Gasteiger partial charge < -0.3 is 15.3 Å². The summed E-state index contributed by atoms with van der Waals surface area (Å²) in [5, 5.41) is 15.6. The molecule has 1 unspecified atom stereocenters. The number of piperidine rings is 1. The van der Waals surface area contributed by atoms with Gasteiger partial charge in [-0.1, -0.05) is 22.7 Å². The van der Waals surface area contributed by atoms with E-state index in [-0.39, 0.29) is 5.75 Å². The van der Waals surface area contributed by atoms with E-state index >= 15 is 0 Å². The van der Waals surface area contributed by atoms with Crippen molar-refractivity contribution >= 4 is 53.4 Å². The molecule has 2 bridgehead atoms. The number of rotatable bonds is 3. The minimum Gasteiger partial charge on any atom is -0.506 e. The number of aromatic nitrogens is 3. The van der Waals surface area contributed by atoms with Crippen molar-refractivity contribution in [3.8, 4) is 16.5 Å². The van der Waals surface area contributed by atoms with E-state index in [0.717, 1.165) is 19.3 Å². The maximum absolute atomic E-state index is 10.1.